The van der Waals surface area contributed by atoms with Gasteiger partial charge in [-0.25, -0.2) is 8.42 Å². The average Bonchev–Trinajstić information content (AvgIpc) is 2.32. The maximum atomic E-state index is 11.3. The number of hydrogen-bond acceptors (Lipinski definition) is 4. The van der Waals surface area contributed by atoms with Gasteiger partial charge in [-0.05, 0) is 31.0 Å². The van der Waals surface area contributed by atoms with Crippen LogP contribution < -0.4 is 5.32 Å². The summed E-state index contributed by atoms with van der Waals surface area (Å²) < 4.78 is 22.6. The molecule has 0 aliphatic carbocycles. The quantitative estimate of drug-likeness (QED) is 0.889. The highest BCUT2D eigenvalue weighted by Crippen LogP contribution is 2.22. The fraction of sp³-hybridized carbons (Fsp3) is 0.500. The van der Waals surface area contributed by atoms with Crippen molar-refractivity contribution >= 4 is 21.4 Å². The number of phenolic OH excluding ortho intramolecular Hbond substituents is 1. The van der Waals surface area contributed by atoms with Crippen LogP contribution in [0.5, 0.6) is 5.75 Å². The second-order valence-electron chi connectivity index (χ2n) is 4.58. The first-order chi connectivity index (χ1) is 8.46. The van der Waals surface area contributed by atoms with E-state index in [0.717, 1.165) is 5.56 Å². The van der Waals surface area contributed by atoms with Gasteiger partial charge < -0.3 is 10.4 Å². The van der Waals surface area contributed by atoms with Crippen LogP contribution in [0.4, 0.5) is 0 Å². The van der Waals surface area contributed by atoms with Crippen LogP contribution >= 0.6 is 11.6 Å². The Bertz CT molecular complexity index is 516. The summed E-state index contributed by atoms with van der Waals surface area (Å²) in [5.41, 5.74) is 0.732. The van der Waals surface area contributed by atoms with Crippen molar-refractivity contribution < 1.29 is 13.5 Å². The molecule has 1 fully saturated rings. The average molecular weight is 290 g/mol. The van der Waals surface area contributed by atoms with Gasteiger partial charge in [0.05, 0.1) is 11.5 Å². The van der Waals surface area contributed by atoms with E-state index in [4.69, 9.17) is 11.6 Å². The molecule has 0 unspecified atom stereocenters. The molecule has 1 aliphatic heterocycles. The molecule has 1 heterocycles. The van der Waals surface area contributed by atoms with E-state index in [-0.39, 0.29) is 23.3 Å². The molecule has 0 saturated carbocycles. The fourth-order valence-corrected chi connectivity index (χ4v) is 3.73. The third-order valence-electron chi connectivity index (χ3n) is 3.18. The Morgan fingerprint density at radius 1 is 1.33 bits per heavy atom. The molecule has 1 aromatic rings. The van der Waals surface area contributed by atoms with Crippen LogP contribution in [0.2, 0.25) is 5.02 Å². The van der Waals surface area contributed by atoms with E-state index in [0.29, 0.717) is 24.4 Å². The number of aromatic hydroxyl groups is 1. The molecule has 1 aromatic carbocycles. The third kappa shape index (κ3) is 3.60. The Morgan fingerprint density at radius 3 is 2.67 bits per heavy atom. The fourth-order valence-electron chi connectivity index (χ4n) is 2.04. The summed E-state index contributed by atoms with van der Waals surface area (Å²) in [7, 11) is -2.82. The molecule has 0 amide bonds. The lowest BCUT2D eigenvalue weighted by molar-refractivity contribution is 0.440. The van der Waals surface area contributed by atoms with E-state index in [9.17, 15) is 13.5 Å². The van der Waals surface area contributed by atoms with Crippen LogP contribution in [0.15, 0.2) is 18.2 Å². The van der Waals surface area contributed by atoms with Crippen LogP contribution in [0.3, 0.4) is 0 Å². The van der Waals surface area contributed by atoms with E-state index in [2.05, 4.69) is 5.32 Å². The lowest BCUT2D eigenvalue weighted by Gasteiger charge is -2.23. The maximum absolute atomic E-state index is 11.3. The van der Waals surface area contributed by atoms with Gasteiger partial charge in [0.15, 0.2) is 0 Å². The molecule has 0 spiro atoms. The topological polar surface area (TPSA) is 66.4 Å². The molecule has 1 aliphatic rings. The molecule has 1 saturated heterocycles. The number of hydrogen-bond donors (Lipinski definition) is 2. The summed E-state index contributed by atoms with van der Waals surface area (Å²) in [6.45, 7) is 0.497. The standard InChI is InChI=1S/C12H16ClNO3S/c13-10-1-2-12(15)9(7-10)8-14-11-3-5-18(16,17)6-4-11/h1-2,7,11,14-15H,3-6,8H2. The largest absolute Gasteiger partial charge is 0.508 e. The lowest BCUT2D eigenvalue weighted by atomic mass is 10.1. The normalized spacial score (nSPS) is 19.8. The Balaban J connectivity index is 1.90. The summed E-state index contributed by atoms with van der Waals surface area (Å²) in [6.07, 6.45) is 1.26. The highest BCUT2D eigenvalue weighted by atomic mass is 35.5. The molecule has 0 atom stereocenters. The first kappa shape index (κ1) is 13.6. The van der Waals surface area contributed by atoms with Crippen molar-refractivity contribution in [3.63, 3.8) is 0 Å². The molecule has 0 aromatic heterocycles. The first-order valence-corrected chi connectivity index (χ1v) is 8.07. The second-order valence-corrected chi connectivity index (χ2v) is 7.32. The van der Waals surface area contributed by atoms with Gasteiger partial charge in [0.2, 0.25) is 0 Å². The lowest BCUT2D eigenvalue weighted by Crippen LogP contribution is -2.37. The van der Waals surface area contributed by atoms with E-state index >= 15 is 0 Å². The van der Waals surface area contributed by atoms with Crippen molar-refractivity contribution in [1.82, 2.24) is 5.32 Å². The van der Waals surface area contributed by atoms with Crippen LogP contribution in [-0.4, -0.2) is 31.1 Å². The zero-order valence-corrected chi connectivity index (χ0v) is 11.5. The maximum Gasteiger partial charge on any atom is 0.150 e. The molecular weight excluding hydrogens is 274 g/mol. The molecule has 2 N–H and O–H groups in total. The summed E-state index contributed by atoms with van der Waals surface area (Å²) in [4.78, 5) is 0. The summed E-state index contributed by atoms with van der Waals surface area (Å²) >= 11 is 5.86. The predicted octanol–water partition coefficient (Wildman–Crippen LogP) is 1.71. The van der Waals surface area contributed by atoms with Gasteiger partial charge in [-0.3, -0.25) is 0 Å². The van der Waals surface area contributed by atoms with Gasteiger partial charge in [-0.15, -0.1) is 0 Å². The Hall–Kier alpha value is -0.780. The van der Waals surface area contributed by atoms with Crippen molar-refractivity contribution in [3.8, 4) is 5.75 Å². The van der Waals surface area contributed by atoms with Gasteiger partial charge in [0.25, 0.3) is 0 Å². The van der Waals surface area contributed by atoms with Crippen LogP contribution in [0, 0.1) is 0 Å². The van der Waals surface area contributed by atoms with Crippen molar-refractivity contribution in [2.75, 3.05) is 11.5 Å². The third-order valence-corrected chi connectivity index (χ3v) is 5.13. The number of sulfone groups is 1. The zero-order valence-electron chi connectivity index (χ0n) is 9.89. The molecule has 0 bridgehead atoms. The van der Waals surface area contributed by atoms with Crippen LogP contribution in [-0.2, 0) is 16.4 Å². The van der Waals surface area contributed by atoms with E-state index in [1.807, 2.05) is 0 Å². The van der Waals surface area contributed by atoms with Gasteiger partial charge in [-0.1, -0.05) is 11.6 Å². The highest BCUT2D eigenvalue weighted by molar-refractivity contribution is 7.91. The summed E-state index contributed by atoms with van der Waals surface area (Å²) in [5.74, 6) is 0.689. The summed E-state index contributed by atoms with van der Waals surface area (Å²) in [6, 6.07) is 5.09. The van der Waals surface area contributed by atoms with Crippen LogP contribution in [0.1, 0.15) is 18.4 Å². The van der Waals surface area contributed by atoms with Crippen molar-refractivity contribution in [2.24, 2.45) is 0 Å². The number of nitrogens with one attached hydrogen (secondary N) is 1. The molecule has 2 rings (SSSR count). The van der Waals surface area contributed by atoms with Gasteiger partial charge >= 0.3 is 0 Å². The van der Waals surface area contributed by atoms with Gasteiger partial charge in [-0.2, -0.15) is 0 Å². The molecule has 18 heavy (non-hydrogen) atoms. The predicted molar refractivity (Wildman–Crippen MR) is 71.6 cm³/mol. The molecule has 0 radical (unpaired) electrons. The number of benzene rings is 1. The smallest absolute Gasteiger partial charge is 0.150 e. The van der Waals surface area contributed by atoms with Gasteiger partial charge in [0.1, 0.15) is 15.6 Å². The van der Waals surface area contributed by atoms with Crippen LogP contribution in [0.25, 0.3) is 0 Å². The highest BCUT2D eigenvalue weighted by Gasteiger charge is 2.23. The number of phenols is 1. The Kier molecular flexibility index (Phi) is 4.14. The SMILES string of the molecule is O=S1(=O)CCC(NCc2cc(Cl)ccc2O)CC1. The minimum atomic E-state index is -2.82. The zero-order chi connectivity index (χ0) is 13.2. The van der Waals surface area contributed by atoms with E-state index < -0.39 is 9.84 Å². The Labute approximate surface area is 112 Å². The van der Waals surface area contributed by atoms with E-state index in [1.165, 1.54) is 0 Å². The summed E-state index contributed by atoms with van der Waals surface area (Å²) in [5, 5.41) is 13.5. The monoisotopic (exact) mass is 289 g/mol. The Morgan fingerprint density at radius 2 is 2.00 bits per heavy atom. The minimum Gasteiger partial charge on any atom is -0.508 e. The number of rotatable bonds is 3. The molecule has 4 nitrogen and oxygen atoms in total. The van der Waals surface area contributed by atoms with Crippen molar-refractivity contribution in [1.29, 1.82) is 0 Å². The molecular formula is C12H16ClNO3S. The van der Waals surface area contributed by atoms with Crippen molar-refractivity contribution in [2.45, 2.75) is 25.4 Å². The molecule has 6 heteroatoms. The first-order valence-electron chi connectivity index (χ1n) is 5.87. The van der Waals surface area contributed by atoms with Gasteiger partial charge in [0, 0.05) is 23.2 Å². The number of halogens is 1. The minimum absolute atomic E-state index is 0.187. The molecule has 100 valence electrons. The van der Waals surface area contributed by atoms with Crippen molar-refractivity contribution in [3.05, 3.63) is 28.8 Å². The second kappa shape index (κ2) is 5.47. The van der Waals surface area contributed by atoms with E-state index in [1.54, 1.807) is 18.2 Å².